The zero-order valence-corrected chi connectivity index (χ0v) is 16.0. The first-order chi connectivity index (χ1) is 14.5. The summed E-state index contributed by atoms with van der Waals surface area (Å²) in [5, 5.41) is 31.0. The van der Waals surface area contributed by atoms with E-state index in [2.05, 4.69) is 20.7 Å². The van der Waals surface area contributed by atoms with Gasteiger partial charge < -0.3 is 15.5 Å². The third kappa shape index (κ3) is 5.26. The standard InChI is InChI=1S/C21H21FN4O4/c22-18-4-2-1-3-17(18)14-7-5-13(6-8-14)9-16(10-15(12-27)21(29)30)24-20(28)19-11-23-26-25-19/h1-8,11,15-16,27H,9-10,12H2,(H,24,28)(H,29,30)(H,23,25,26)/t15-,16+/m0/s1. The maximum absolute atomic E-state index is 14.0. The van der Waals surface area contributed by atoms with Crippen LogP contribution in [-0.2, 0) is 11.2 Å². The van der Waals surface area contributed by atoms with E-state index in [0.717, 1.165) is 5.56 Å². The molecular weight excluding hydrogens is 391 g/mol. The number of carboxylic acids is 1. The van der Waals surface area contributed by atoms with E-state index in [1.54, 1.807) is 42.5 Å². The van der Waals surface area contributed by atoms with Crippen LogP contribution in [0.2, 0.25) is 0 Å². The molecule has 1 amide bonds. The largest absolute Gasteiger partial charge is 0.481 e. The van der Waals surface area contributed by atoms with Gasteiger partial charge in [0.15, 0.2) is 5.69 Å². The Hall–Kier alpha value is -3.59. The molecule has 1 heterocycles. The monoisotopic (exact) mass is 412 g/mol. The molecule has 0 bridgehead atoms. The summed E-state index contributed by atoms with van der Waals surface area (Å²) in [6.07, 6.45) is 1.62. The maximum Gasteiger partial charge on any atom is 0.308 e. The summed E-state index contributed by atoms with van der Waals surface area (Å²) >= 11 is 0. The fourth-order valence-corrected chi connectivity index (χ4v) is 3.16. The van der Waals surface area contributed by atoms with Gasteiger partial charge in [0.2, 0.25) is 0 Å². The van der Waals surface area contributed by atoms with Crippen LogP contribution in [0.15, 0.2) is 54.7 Å². The number of hydrogen-bond donors (Lipinski definition) is 4. The van der Waals surface area contributed by atoms with Crippen LogP contribution < -0.4 is 5.32 Å². The Morgan fingerprint density at radius 3 is 2.47 bits per heavy atom. The van der Waals surface area contributed by atoms with Gasteiger partial charge in [0.1, 0.15) is 5.82 Å². The van der Waals surface area contributed by atoms with Crippen molar-refractivity contribution in [3.63, 3.8) is 0 Å². The Kier molecular flexibility index (Phi) is 6.87. The van der Waals surface area contributed by atoms with Gasteiger partial charge in [-0.15, -0.1) is 0 Å². The molecule has 156 valence electrons. The van der Waals surface area contributed by atoms with Crippen molar-refractivity contribution in [1.82, 2.24) is 20.7 Å². The van der Waals surface area contributed by atoms with E-state index in [1.165, 1.54) is 12.3 Å². The summed E-state index contributed by atoms with van der Waals surface area (Å²) in [6, 6.07) is 13.0. The quantitative estimate of drug-likeness (QED) is 0.426. The summed E-state index contributed by atoms with van der Waals surface area (Å²) in [5.74, 6) is -2.99. The first kappa shape index (κ1) is 21.1. The van der Waals surface area contributed by atoms with Crippen molar-refractivity contribution < 1.29 is 24.2 Å². The Labute approximate surface area is 171 Å². The number of aliphatic hydroxyl groups is 1. The molecule has 0 radical (unpaired) electrons. The van der Waals surface area contributed by atoms with E-state index in [9.17, 15) is 24.2 Å². The third-order valence-corrected chi connectivity index (χ3v) is 4.74. The summed E-state index contributed by atoms with van der Waals surface area (Å²) in [5.41, 5.74) is 2.08. The number of aromatic nitrogens is 3. The van der Waals surface area contributed by atoms with E-state index in [4.69, 9.17) is 0 Å². The maximum atomic E-state index is 14.0. The van der Waals surface area contributed by atoms with Gasteiger partial charge >= 0.3 is 5.97 Å². The Balaban J connectivity index is 1.76. The van der Waals surface area contributed by atoms with E-state index in [1.807, 2.05) is 0 Å². The lowest BCUT2D eigenvalue weighted by Gasteiger charge is -2.21. The molecule has 30 heavy (non-hydrogen) atoms. The fraction of sp³-hybridized carbons (Fsp3) is 0.238. The smallest absolute Gasteiger partial charge is 0.308 e. The number of halogens is 1. The Morgan fingerprint density at radius 1 is 1.13 bits per heavy atom. The molecule has 0 saturated heterocycles. The number of amides is 1. The number of carbonyl (C=O) groups excluding carboxylic acids is 1. The molecule has 0 aliphatic rings. The lowest BCUT2D eigenvalue weighted by molar-refractivity contribution is -0.143. The highest BCUT2D eigenvalue weighted by molar-refractivity contribution is 5.92. The molecule has 0 unspecified atom stereocenters. The Morgan fingerprint density at radius 2 is 1.87 bits per heavy atom. The van der Waals surface area contributed by atoms with Gasteiger partial charge in [0, 0.05) is 11.6 Å². The van der Waals surface area contributed by atoms with Crippen LogP contribution in [0.5, 0.6) is 0 Å². The van der Waals surface area contributed by atoms with Crippen LogP contribution in [0.4, 0.5) is 4.39 Å². The van der Waals surface area contributed by atoms with Crippen LogP contribution in [0, 0.1) is 11.7 Å². The molecule has 0 aliphatic heterocycles. The van der Waals surface area contributed by atoms with Crippen LogP contribution in [-0.4, -0.2) is 50.1 Å². The molecule has 0 spiro atoms. The number of H-pyrrole nitrogens is 1. The van der Waals surface area contributed by atoms with Gasteiger partial charge in [0.25, 0.3) is 5.91 Å². The molecule has 3 aromatic rings. The molecule has 0 saturated carbocycles. The van der Waals surface area contributed by atoms with Gasteiger partial charge in [-0.1, -0.05) is 42.5 Å². The van der Waals surface area contributed by atoms with E-state index < -0.39 is 30.4 Å². The average Bonchev–Trinajstić information content (AvgIpc) is 3.28. The number of nitrogens with one attached hydrogen (secondary N) is 2. The van der Waals surface area contributed by atoms with Gasteiger partial charge in [-0.2, -0.15) is 15.4 Å². The SMILES string of the molecule is O=C(N[C@H](Cc1ccc(-c2ccccc2F)cc1)C[C@@H](CO)C(=O)O)c1cn[nH]n1. The highest BCUT2D eigenvalue weighted by Gasteiger charge is 2.24. The number of aromatic amines is 1. The number of rotatable bonds is 9. The summed E-state index contributed by atoms with van der Waals surface area (Å²) in [7, 11) is 0. The number of hydrogen-bond acceptors (Lipinski definition) is 5. The first-order valence-corrected chi connectivity index (χ1v) is 9.32. The van der Waals surface area contributed by atoms with Crippen LogP contribution >= 0.6 is 0 Å². The summed E-state index contributed by atoms with van der Waals surface area (Å²) < 4.78 is 14.0. The van der Waals surface area contributed by atoms with Gasteiger partial charge in [-0.25, -0.2) is 4.39 Å². The molecule has 4 N–H and O–H groups in total. The molecule has 3 rings (SSSR count). The van der Waals surface area contributed by atoms with Crippen LogP contribution in [0.3, 0.4) is 0 Å². The van der Waals surface area contributed by atoms with Gasteiger partial charge in [0.05, 0.1) is 18.7 Å². The minimum atomic E-state index is -1.15. The molecular formula is C21H21FN4O4. The van der Waals surface area contributed by atoms with Gasteiger partial charge in [-0.05, 0) is 30.0 Å². The molecule has 0 aliphatic carbocycles. The van der Waals surface area contributed by atoms with Crippen LogP contribution in [0.25, 0.3) is 11.1 Å². The minimum absolute atomic E-state index is 0.0322. The highest BCUT2D eigenvalue weighted by atomic mass is 19.1. The normalized spacial score (nSPS) is 12.9. The van der Waals surface area contributed by atoms with E-state index in [-0.39, 0.29) is 17.9 Å². The summed E-state index contributed by atoms with van der Waals surface area (Å²) in [6.45, 7) is -0.544. The number of aliphatic carboxylic acids is 1. The zero-order valence-electron chi connectivity index (χ0n) is 16.0. The van der Waals surface area contributed by atoms with Gasteiger partial charge in [-0.3, -0.25) is 9.59 Å². The van der Waals surface area contributed by atoms with Crippen LogP contribution in [0.1, 0.15) is 22.5 Å². The second-order valence-corrected chi connectivity index (χ2v) is 6.86. The molecule has 0 fully saturated rings. The number of aliphatic hydroxyl groups excluding tert-OH is 1. The van der Waals surface area contributed by atoms with Crippen molar-refractivity contribution in [3.05, 3.63) is 71.8 Å². The lowest BCUT2D eigenvalue weighted by Crippen LogP contribution is -2.40. The molecule has 1 aromatic heterocycles. The average molecular weight is 412 g/mol. The highest BCUT2D eigenvalue weighted by Crippen LogP contribution is 2.23. The predicted octanol–water partition coefficient (Wildman–Crippen LogP) is 2.04. The second kappa shape index (κ2) is 9.75. The zero-order chi connectivity index (χ0) is 21.5. The molecule has 2 aromatic carbocycles. The van der Waals surface area contributed by atoms with Crippen molar-refractivity contribution in [2.45, 2.75) is 18.9 Å². The second-order valence-electron chi connectivity index (χ2n) is 6.86. The topological polar surface area (TPSA) is 128 Å². The van der Waals surface area contributed by atoms with Crippen molar-refractivity contribution in [2.75, 3.05) is 6.61 Å². The minimum Gasteiger partial charge on any atom is -0.481 e. The third-order valence-electron chi connectivity index (χ3n) is 4.74. The van der Waals surface area contributed by atoms with Crippen molar-refractivity contribution in [1.29, 1.82) is 0 Å². The molecule has 9 heteroatoms. The Bertz CT molecular complexity index is 993. The van der Waals surface area contributed by atoms with Crippen molar-refractivity contribution in [2.24, 2.45) is 5.92 Å². The van der Waals surface area contributed by atoms with Crippen molar-refractivity contribution in [3.8, 4) is 11.1 Å². The van der Waals surface area contributed by atoms with E-state index in [0.29, 0.717) is 17.5 Å². The van der Waals surface area contributed by atoms with E-state index >= 15 is 0 Å². The summed E-state index contributed by atoms with van der Waals surface area (Å²) in [4.78, 5) is 23.7. The number of carboxylic acid groups (broad SMARTS) is 1. The number of nitrogens with zero attached hydrogens (tertiary/aromatic N) is 2. The molecule has 8 nitrogen and oxygen atoms in total. The lowest BCUT2D eigenvalue weighted by atomic mass is 9.94. The fourth-order valence-electron chi connectivity index (χ4n) is 3.16. The molecule has 2 atom stereocenters. The number of benzene rings is 2. The predicted molar refractivity (Wildman–Crippen MR) is 106 cm³/mol. The van der Waals surface area contributed by atoms with Crippen molar-refractivity contribution >= 4 is 11.9 Å². The number of carbonyl (C=O) groups is 2. The first-order valence-electron chi connectivity index (χ1n) is 9.32.